The molecule has 4 nitrogen and oxygen atoms in total. The molecule has 0 aliphatic carbocycles. The molecule has 0 bridgehead atoms. The van der Waals surface area contributed by atoms with Crippen molar-refractivity contribution in [2.45, 2.75) is 37.6 Å². The van der Waals surface area contributed by atoms with Crippen LogP contribution in [0.2, 0.25) is 0 Å². The maximum Gasteiger partial charge on any atom is 0.180 e. The fourth-order valence-corrected chi connectivity index (χ4v) is 3.64. The molecular formula is C14H24N2O2S. The van der Waals surface area contributed by atoms with E-state index in [0.29, 0.717) is 17.9 Å². The van der Waals surface area contributed by atoms with E-state index in [0.717, 1.165) is 12.1 Å². The first-order chi connectivity index (χ1) is 8.94. The highest BCUT2D eigenvalue weighted by Crippen LogP contribution is 2.27. The van der Waals surface area contributed by atoms with Crippen molar-refractivity contribution < 1.29 is 8.42 Å². The van der Waals surface area contributed by atoms with E-state index in [1.807, 2.05) is 31.0 Å². The smallest absolute Gasteiger partial charge is 0.180 e. The van der Waals surface area contributed by atoms with Gasteiger partial charge < -0.3 is 10.6 Å². The molecule has 19 heavy (non-hydrogen) atoms. The van der Waals surface area contributed by atoms with Gasteiger partial charge in [-0.15, -0.1) is 0 Å². The van der Waals surface area contributed by atoms with Crippen molar-refractivity contribution in [1.29, 1.82) is 0 Å². The molecule has 0 aliphatic heterocycles. The molecule has 0 amide bonds. The minimum Gasteiger partial charge on any atom is -0.371 e. The van der Waals surface area contributed by atoms with E-state index in [4.69, 9.17) is 5.73 Å². The van der Waals surface area contributed by atoms with Gasteiger partial charge in [0.15, 0.2) is 9.84 Å². The van der Waals surface area contributed by atoms with Crippen LogP contribution < -0.4 is 10.6 Å². The van der Waals surface area contributed by atoms with E-state index in [2.05, 4.69) is 6.92 Å². The zero-order valence-electron chi connectivity index (χ0n) is 12.0. The van der Waals surface area contributed by atoms with Crippen molar-refractivity contribution >= 4 is 15.5 Å². The standard InChI is InChI=1S/C14H24N2O2S/c1-4-11-19(17,18)14-8-6-5-7-13(14)16(3)12(2)9-10-15/h5-8,12H,4,9-11,15H2,1-3H3. The van der Waals surface area contributed by atoms with Crippen molar-refractivity contribution in [3.8, 4) is 0 Å². The van der Waals surface area contributed by atoms with E-state index in [1.54, 1.807) is 12.1 Å². The summed E-state index contributed by atoms with van der Waals surface area (Å²) in [7, 11) is -1.29. The Morgan fingerprint density at radius 3 is 2.53 bits per heavy atom. The van der Waals surface area contributed by atoms with Crippen LogP contribution >= 0.6 is 0 Å². The molecule has 1 atom stereocenters. The summed E-state index contributed by atoms with van der Waals surface area (Å²) in [6.45, 7) is 4.52. The Morgan fingerprint density at radius 2 is 1.95 bits per heavy atom. The van der Waals surface area contributed by atoms with Crippen LogP contribution in [0.3, 0.4) is 0 Å². The molecule has 0 aromatic heterocycles. The maximum absolute atomic E-state index is 12.3. The average Bonchev–Trinajstić information content (AvgIpc) is 2.38. The Hall–Kier alpha value is -1.07. The number of nitrogens with two attached hydrogens (primary N) is 1. The number of anilines is 1. The highest BCUT2D eigenvalue weighted by Gasteiger charge is 2.21. The first-order valence-electron chi connectivity index (χ1n) is 6.68. The van der Waals surface area contributed by atoms with Gasteiger partial charge in [-0.3, -0.25) is 0 Å². The number of rotatable bonds is 7. The summed E-state index contributed by atoms with van der Waals surface area (Å²) in [5.41, 5.74) is 6.33. The topological polar surface area (TPSA) is 63.4 Å². The van der Waals surface area contributed by atoms with Crippen molar-refractivity contribution in [2.24, 2.45) is 5.73 Å². The summed E-state index contributed by atoms with van der Waals surface area (Å²) in [6, 6.07) is 7.39. The third-order valence-corrected chi connectivity index (χ3v) is 5.26. The molecule has 0 saturated heterocycles. The summed E-state index contributed by atoms with van der Waals surface area (Å²) in [5.74, 6) is 0.184. The van der Waals surface area contributed by atoms with Crippen LogP contribution in [-0.2, 0) is 9.84 Å². The van der Waals surface area contributed by atoms with Gasteiger partial charge >= 0.3 is 0 Å². The fourth-order valence-electron chi connectivity index (χ4n) is 2.06. The van der Waals surface area contributed by atoms with Gasteiger partial charge in [-0.25, -0.2) is 8.42 Å². The lowest BCUT2D eigenvalue weighted by atomic mass is 10.2. The second-order valence-corrected chi connectivity index (χ2v) is 6.90. The summed E-state index contributed by atoms with van der Waals surface area (Å²) < 4.78 is 24.6. The molecule has 2 N–H and O–H groups in total. The zero-order chi connectivity index (χ0) is 14.5. The van der Waals surface area contributed by atoms with E-state index < -0.39 is 9.84 Å². The molecule has 1 unspecified atom stereocenters. The average molecular weight is 284 g/mol. The van der Waals surface area contributed by atoms with Gasteiger partial charge in [-0.05, 0) is 38.4 Å². The Labute approximate surface area is 116 Å². The minimum atomic E-state index is -3.21. The normalized spacial score (nSPS) is 13.3. The summed E-state index contributed by atoms with van der Waals surface area (Å²) in [6.07, 6.45) is 1.46. The molecule has 0 fully saturated rings. The maximum atomic E-state index is 12.3. The molecule has 1 aromatic carbocycles. The Bertz CT molecular complexity index is 500. The quantitative estimate of drug-likeness (QED) is 0.832. The molecule has 1 rings (SSSR count). The number of hydrogen-bond donors (Lipinski definition) is 1. The van der Waals surface area contributed by atoms with Gasteiger partial charge in [0, 0.05) is 13.1 Å². The first kappa shape index (κ1) is 16.0. The first-order valence-corrected chi connectivity index (χ1v) is 8.34. The Kier molecular flexibility index (Phi) is 5.82. The van der Waals surface area contributed by atoms with Crippen LogP contribution in [0.5, 0.6) is 0 Å². The van der Waals surface area contributed by atoms with Crippen LogP contribution in [0.25, 0.3) is 0 Å². The Morgan fingerprint density at radius 1 is 1.32 bits per heavy atom. The van der Waals surface area contributed by atoms with Crippen molar-refractivity contribution in [1.82, 2.24) is 0 Å². The second kappa shape index (κ2) is 6.91. The molecule has 108 valence electrons. The van der Waals surface area contributed by atoms with Gasteiger partial charge in [0.1, 0.15) is 0 Å². The number of hydrogen-bond acceptors (Lipinski definition) is 4. The van der Waals surface area contributed by atoms with E-state index in [-0.39, 0.29) is 11.8 Å². The predicted molar refractivity (Wildman–Crippen MR) is 80.3 cm³/mol. The van der Waals surface area contributed by atoms with Crippen LogP contribution in [-0.4, -0.2) is 33.8 Å². The second-order valence-electron chi connectivity index (χ2n) is 4.82. The SMILES string of the molecule is CCCS(=O)(=O)c1ccccc1N(C)C(C)CCN. The lowest BCUT2D eigenvalue weighted by Gasteiger charge is -2.28. The van der Waals surface area contributed by atoms with Crippen LogP contribution in [0, 0.1) is 0 Å². The van der Waals surface area contributed by atoms with Gasteiger partial charge in [-0.2, -0.15) is 0 Å². The van der Waals surface area contributed by atoms with Crippen molar-refractivity contribution in [3.05, 3.63) is 24.3 Å². The molecule has 0 saturated carbocycles. The molecule has 0 radical (unpaired) electrons. The van der Waals surface area contributed by atoms with Crippen molar-refractivity contribution in [3.63, 3.8) is 0 Å². The van der Waals surface area contributed by atoms with Gasteiger partial charge in [-0.1, -0.05) is 19.1 Å². The lowest BCUT2D eigenvalue weighted by molar-refractivity contribution is 0.592. The van der Waals surface area contributed by atoms with Gasteiger partial charge in [0.25, 0.3) is 0 Å². The van der Waals surface area contributed by atoms with Crippen LogP contribution in [0.4, 0.5) is 5.69 Å². The lowest BCUT2D eigenvalue weighted by Crippen LogP contribution is -2.32. The van der Waals surface area contributed by atoms with Crippen LogP contribution in [0.1, 0.15) is 26.7 Å². The number of para-hydroxylation sites is 1. The minimum absolute atomic E-state index is 0.184. The molecule has 0 heterocycles. The van der Waals surface area contributed by atoms with Gasteiger partial charge in [0.2, 0.25) is 0 Å². The van der Waals surface area contributed by atoms with Gasteiger partial charge in [0.05, 0.1) is 16.3 Å². The van der Waals surface area contributed by atoms with Crippen molar-refractivity contribution in [2.75, 3.05) is 24.2 Å². The number of benzene rings is 1. The van der Waals surface area contributed by atoms with E-state index >= 15 is 0 Å². The monoisotopic (exact) mass is 284 g/mol. The predicted octanol–water partition coefficient (Wildman–Crippen LogP) is 2.04. The fraction of sp³-hybridized carbons (Fsp3) is 0.571. The summed E-state index contributed by atoms with van der Waals surface area (Å²) >= 11 is 0. The molecule has 5 heteroatoms. The highest BCUT2D eigenvalue weighted by atomic mass is 32.2. The van der Waals surface area contributed by atoms with E-state index in [1.165, 1.54) is 0 Å². The third kappa shape index (κ3) is 3.94. The van der Waals surface area contributed by atoms with E-state index in [9.17, 15) is 8.42 Å². The summed E-state index contributed by atoms with van der Waals surface area (Å²) in [4.78, 5) is 2.42. The van der Waals surface area contributed by atoms with Crippen LogP contribution in [0.15, 0.2) is 29.2 Å². The summed E-state index contributed by atoms with van der Waals surface area (Å²) in [5, 5.41) is 0. The Balaban J connectivity index is 3.16. The zero-order valence-corrected chi connectivity index (χ0v) is 12.8. The largest absolute Gasteiger partial charge is 0.371 e. The third-order valence-electron chi connectivity index (χ3n) is 3.30. The molecular weight excluding hydrogens is 260 g/mol. The molecule has 0 aliphatic rings. The number of nitrogens with zero attached hydrogens (tertiary/aromatic N) is 1. The number of sulfone groups is 1. The molecule has 1 aromatic rings. The highest BCUT2D eigenvalue weighted by molar-refractivity contribution is 7.91. The molecule has 0 spiro atoms.